The summed E-state index contributed by atoms with van der Waals surface area (Å²) in [5.41, 5.74) is 13.2. The zero-order valence-electron chi connectivity index (χ0n) is 37.2. The third-order valence-corrected chi connectivity index (χ3v) is 14.1. The van der Waals surface area contributed by atoms with Gasteiger partial charge in [-0.2, -0.15) is 9.97 Å². The summed E-state index contributed by atoms with van der Waals surface area (Å²) in [6.07, 6.45) is 10.2. The van der Waals surface area contributed by atoms with Gasteiger partial charge in [0.15, 0.2) is 0 Å². The van der Waals surface area contributed by atoms with Crippen molar-refractivity contribution in [3.63, 3.8) is 0 Å². The first kappa shape index (κ1) is 47.9. The number of rotatable bonds is 13. The number of H-pyrrole nitrogens is 1. The van der Waals surface area contributed by atoms with E-state index in [9.17, 15) is 19.2 Å². The van der Waals surface area contributed by atoms with Gasteiger partial charge in [0.05, 0.1) is 0 Å². The van der Waals surface area contributed by atoms with Gasteiger partial charge in [-0.3, -0.25) is 14.2 Å². The van der Waals surface area contributed by atoms with Crippen LogP contribution in [0.3, 0.4) is 0 Å². The number of amides is 4. The second kappa shape index (κ2) is 21.5. The molecule has 4 aromatic heterocycles. The second-order valence-electron chi connectivity index (χ2n) is 18.0. The summed E-state index contributed by atoms with van der Waals surface area (Å²) < 4.78 is 7.55. The molecular weight excluding hydrogens is 900 g/mol. The summed E-state index contributed by atoms with van der Waals surface area (Å²) in [5, 5.41) is 14.7. The number of nitrogens with one attached hydrogen (secondary N) is 5. The number of hydrogen-bond acceptors (Lipinski definition) is 11. The number of fused-ring (bicyclic) bond motifs is 2. The molecule has 2 fully saturated rings. The monoisotopic (exact) mass is 954 g/mol. The maximum Gasteiger partial charge on any atom is 0.312 e. The molecule has 17 nitrogen and oxygen atoms in total. The molecule has 4 heterocycles. The number of benzene rings is 2. The van der Waals surface area contributed by atoms with E-state index in [0.717, 1.165) is 68.2 Å². The van der Waals surface area contributed by atoms with E-state index in [-0.39, 0.29) is 42.0 Å². The molecule has 6 aromatic rings. The molecule has 9 N–H and O–H groups in total. The van der Waals surface area contributed by atoms with Crippen LogP contribution in [0.15, 0.2) is 82.6 Å². The number of nitrogens with two attached hydrogens (primary N) is 2. The van der Waals surface area contributed by atoms with Gasteiger partial charge in [-0.1, -0.05) is 79.2 Å². The number of pyridine rings is 2. The fourth-order valence-corrected chi connectivity index (χ4v) is 9.46. The van der Waals surface area contributed by atoms with Gasteiger partial charge in [0.25, 0.3) is 11.1 Å². The minimum atomic E-state index is -1.28. The van der Waals surface area contributed by atoms with Crippen LogP contribution in [0.1, 0.15) is 51.4 Å². The smallest absolute Gasteiger partial charge is 0.312 e. The molecule has 0 unspecified atom stereocenters. The highest BCUT2D eigenvalue weighted by atomic mass is 35.5. The first-order chi connectivity index (χ1) is 31.6. The Morgan fingerprint density at radius 2 is 1.20 bits per heavy atom. The van der Waals surface area contributed by atoms with Gasteiger partial charge in [-0.05, 0) is 81.7 Å². The number of hydrogen-bond donors (Lipinski definition) is 7. The van der Waals surface area contributed by atoms with Crippen molar-refractivity contribution in [2.45, 2.75) is 108 Å². The van der Waals surface area contributed by atoms with E-state index in [1.807, 2.05) is 30.3 Å². The van der Waals surface area contributed by atoms with Crippen molar-refractivity contribution in [2.24, 2.45) is 11.5 Å². The molecule has 20 heteroatoms. The van der Waals surface area contributed by atoms with Crippen molar-refractivity contribution in [3.8, 4) is 22.3 Å². The Hall–Kier alpha value is -6.08. The maximum atomic E-state index is 13.7. The highest BCUT2D eigenvalue weighted by Crippen LogP contribution is 2.29. The van der Waals surface area contributed by atoms with Crippen LogP contribution in [0.5, 0.6) is 0 Å². The van der Waals surface area contributed by atoms with Crippen LogP contribution < -0.4 is 43.9 Å². The molecule has 0 radical (unpaired) electrons. The van der Waals surface area contributed by atoms with E-state index in [0.29, 0.717) is 62.1 Å². The number of aromatic amines is 1. The zero-order valence-corrected chi connectivity index (χ0v) is 39.7. The van der Waals surface area contributed by atoms with Crippen LogP contribution in [0, 0.1) is 0 Å². The summed E-state index contributed by atoms with van der Waals surface area (Å²) in [6.45, 7) is 7.55. The molecule has 2 aliphatic rings. The van der Waals surface area contributed by atoms with E-state index >= 15 is 0 Å². The van der Waals surface area contributed by atoms with Crippen molar-refractivity contribution >= 4 is 77.3 Å². The fraction of sp³-hybridized carbons (Fsp3) is 0.391. The van der Waals surface area contributed by atoms with E-state index in [2.05, 4.69) is 60.8 Å². The first-order valence-electron chi connectivity index (χ1n) is 22.1. The lowest BCUT2D eigenvalue weighted by Gasteiger charge is -2.29. The fourth-order valence-electron chi connectivity index (χ4n) is 8.23. The Balaban J connectivity index is 0.000000202. The Bertz CT molecular complexity index is 2800. The minimum Gasteiger partial charge on any atom is -0.361 e. The van der Waals surface area contributed by atoms with Gasteiger partial charge < -0.3 is 42.5 Å². The van der Waals surface area contributed by atoms with Gasteiger partial charge in [0.2, 0.25) is 11.9 Å². The van der Waals surface area contributed by atoms with Gasteiger partial charge in [0, 0.05) is 94.3 Å². The number of aromatic nitrogens is 6. The molecule has 0 spiro atoms. The average molecular weight is 956 g/mol. The normalized spacial score (nSPS) is 18.5. The lowest BCUT2D eigenvalue weighted by molar-refractivity contribution is 0.0876. The van der Waals surface area contributed by atoms with Gasteiger partial charge in [-0.25, -0.2) is 19.6 Å². The number of ether oxygens (including phenoxy) is 1. The Kier molecular flexibility index (Phi) is 15.6. The van der Waals surface area contributed by atoms with E-state index in [1.54, 1.807) is 47.3 Å². The van der Waals surface area contributed by atoms with Crippen molar-refractivity contribution in [1.29, 1.82) is 0 Å². The standard InChI is InChI=1S/C26H35ClN6O3Si.C20H21ClN6O2/c1-37(2,3)13-12-36-16-33-23-17(14-21(24(33)34)20-6-4-5-7-22(20)27)15-29-26(32-23)31-19-10-8-18(9-11-19)30-25(28)35;21-16-4-2-1-3-14(16)15-9-11-10-23-20(27-17(11)26-18(15)28)25-13-7-5-12(6-8-13)24-19(22)29/h4-7,14-15,18-19H,8-13,16H2,1-3H3,(H3,28,30,35)(H,29,31,32);1-4,9-10,12-13H,5-8H2,(H3,22,24,29)(H2,23,25,26,27,28). The molecule has 4 amide bonds. The molecule has 0 saturated heterocycles. The van der Waals surface area contributed by atoms with Crippen LogP contribution in [0.25, 0.3) is 44.3 Å². The van der Waals surface area contributed by atoms with Gasteiger partial charge in [-0.15, -0.1) is 0 Å². The third-order valence-electron chi connectivity index (χ3n) is 11.8. The Morgan fingerprint density at radius 3 is 1.73 bits per heavy atom. The topological polar surface area (TPSA) is 250 Å². The van der Waals surface area contributed by atoms with E-state index in [4.69, 9.17) is 44.4 Å². The predicted octanol–water partition coefficient (Wildman–Crippen LogP) is 7.85. The van der Waals surface area contributed by atoms with Gasteiger partial charge >= 0.3 is 12.1 Å². The number of nitrogens with zero attached hydrogens (tertiary/aromatic N) is 5. The van der Waals surface area contributed by atoms with Crippen LogP contribution in [0.2, 0.25) is 35.7 Å². The summed E-state index contributed by atoms with van der Waals surface area (Å²) in [6, 6.07) is 18.6. The van der Waals surface area contributed by atoms with Crippen LogP contribution in [-0.2, 0) is 11.5 Å². The van der Waals surface area contributed by atoms with E-state index in [1.165, 1.54) is 0 Å². The van der Waals surface area contributed by atoms with Crippen molar-refractivity contribution in [3.05, 3.63) is 104 Å². The minimum absolute atomic E-state index is 0.0924. The SMILES string of the molecule is C[Si](C)(C)CCOCn1c(=O)c(-c2ccccc2Cl)cc2cnc(NC3CCC(NC(N)=O)CC3)nc21.NC(=O)NC1CCC(Nc2ncc3cc(-c4ccccc4Cl)c(=O)[nH]c3n2)CC1. The number of anilines is 2. The van der Waals surface area contributed by atoms with Gasteiger partial charge in [0.1, 0.15) is 18.0 Å². The highest BCUT2D eigenvalue weighted by molar-refractivity contribution is 6.76. The number of halogens is 2. The zero-order chi connectivity index (χ0) is 47.0. The molecular formula is C46H56Cl2N12O5Si. The number of primary amides is 2. The highest BCUT2D eigenvalue weighted by Gasteiger charge is 2.25. The van der Waals surface area contributed by atoms with Crippen molar-refractivity contribution in [1.82, 2.24) is 40.1 Å². The third kappa shape index (κ3) is 12.6. The van der Waals surface area contributed by atoms with Crippen molar-refractivity contribution < 1.29 is 14.3 Å². The molecule has 348 valence electrons. The summed E-state index contributed by atoms with van der Waals surface area (Å²) >= 11 is 12.7. The lowest BCUT2D eigenvalue weighted by Crippen LogP contribution is -2.42. The summed E-state index contributed by atoms with van der Waals surface area (Å²) in [5.74, 6) is 0.921. The average Bonchev–Trinajstić information content (AvgIpc) is 3.27. The number of carbonyl (C=O) groups excluding carboxylic acids is 2. The first-order valence-corrected chi connectivity index (χ1v) is 26.6. The molecule has 0 atom stereocenters. The Morgan fingerprint density at radius 1 is 0.712 bits per heavy atom. The molecule has 2 saturated carbocycles. The largest absolute Gasteiger partial charge is 0.361 e. The van der Waals surface area contributed by atoms with E-state index < -0.39 is 20.1 Å². The lowest BCUT2D eigenvalue weighted by atomic mass is 9.91. The van der Waals surface area contributed by atoms with Crippen molar-refractivity contribution in [2.75, 3.05) is 17.2 Å². The van der Waals surface area contributed by atoms with Crippen LogP contribution in [0.4, 0.5) is 21.5 Å². The Labute approximate surface area is 392 Å². The predicted molar refractivity (Wildman–Crippen MR) is 264 cm³/mol. The van der Waals surface area contributed by atoms with Crippen LogP contribution >= 0.6 is 23.2 Å². The molecule has 2 aromatic carbocycles. The number of urea groups is 2. The quantitative estimate of drug-likeness (QED) is 0.0434. The maximum absolute atomic E-state index is 13.7. The molecule has 0 bridgehead atoms. The second-order valence-corrected chi connectivity index (χ2v) is 24.4. The summed E-state index contributed by atoms with van der Waals surface area (Å²) in [7, 11) is -1.28. The molecule has 8 rings (SSSR count). The van der Waals surface area contributed by atoms with Crippen LogP contribution in [-0.4, -0.2) is 80.4 Å². The summed E-state index contributed by atoms with van der Waals surface area (Å²) in [4.78, 5) is 69.3. The molecule has 0 aliphatic heterocycles. The molecule has 66 heavy (non-hydrogen) atoms. The molecule has 2 aliphatic carbocycles. The number of carbonyl (C=O) groups is 2.